The number of carbonyl (C=O) groups excluding carboxylic acids is 1. The van der Waals surface area contributed by atoms with Crippen molar-refractivity contribution in [2.24, 2.45) is 0 Å². The van der Waals surface area contributed by atoms with Crippen LogP contribution >= 0.6 is 0 Å². The topological polar surface area (TPSA) is 75.7 Å². The summed E-state index contributed by atoms with van der Waals surface area (Å²) in [5.41, 5.74) is 2.30. The third-order valence-corrected chi connectivity index (χ3v) is 5.19. The number of hydrogen-bond acceptors (Lipinski definition) is 4. The highest BCUT2D eigenvalue weighted by Crippen LogP contribution is 2.21. The van der Waals surface area contributed by atoms with Crippen LogP contribution in [0.15, 0.2) is 48.5 Å². The van der Waals surface area contributed by atoms with Crippen molar-refractivity contribution in [2.75, 3.05) is 23.7 Å². The normalized spacial score (nSPS) is 12.3. The minimum Gasteiger partial charge on any atom is -0.491 e. The van der Waals surface area contributed by atoms with Crippen LogP contribution in [0.5, 0.6) is 5.75 Å². The number of benzene rings is 2. The molecule has 6 nitrogen and oxygen atoms in total. The molecular formula is C20H26N2O4S. The second-order valence-corrected chi connectivity index (χ2v) is 8.51. The van der Waals surface area contributed by atoms with Crippen LogP contribution in [0.4, 0.5) is 5.69 Å². The van der Waals surface area contributed by atoms with E-state index in [1.165, 1.54) is 0 Å². The largest absolute Gasteiger partial charge is 0.491 e. The van der Waals surface area contributed by atoms with Gasteiger partial charge in [0.15, 0.2) is 0 Å². The molecule has 0 aromatic heterocycles. The molecule has 0 saturated carbocycles. The van der Waals surface area contributed by atoms with E-state index in [2.05, 4.69) is 5.32 Å². The molecule has 1 amide bonds. The third kappa shape index (κ3) is 5.99. The van der Waals surface area contributed by atoms with Crippen LogP contribution in [0.1, 0.15) is 18.1 Å². The summed E-state index contributed by atoms with van der Waals surface area (Å²) in [6.45, 7) is 5.59. The van der Waals surface area contributed by atoms with E-state index in [0.29, 0.717) is 12.3 Å². The Morgan fingerprint density at radius 2 is 1.67 bits per heavy atom. The molecule has 7 heteroatoms. The van der Waals surface area contributed by atoms with Crippen LogP contribution in [0.2, 0.25) is 0 Å². The average molecular weight is 391 g/mol. The van der Waals surface area contributed by atoms with Gasteiger partial charge in [-0.3, -0.25) is 9.10 Å². The highest BCUT2D eigenvalue weighted by Gasteiger charge is 2.22. The van der Waals surface area contributed by atoms with Gasteiger partial charge in [0.05, 0.1) is 18.0 Å². The van der Waals surface area contributed by atoms with E-state index in [-0.39, 0.29) is 18.5 Å². The van der Waals surface area contributed by atoms with Gasteiger partial charge in [-0.05, 0) is 44.0 Å². The number of sulfonamides is 1. The summed E-state index contributed by atoms with van der Waals surface area (Å²) in [5.74, 6) is 0.376. The van der Waals surface area contributed by atoms with Crippen LogP contribution in [-0.4, -0.2) is 39.8 Å². The molecule has 2 aromatic carbocycles. The lowest BCUT2D eigenvalue weighted by atomic mass is 10.2. The monoisotopic (exact) mass is 390 g/mol. The highest BCUT2D eigenvalue weighted by atomic mass is 32.2. The number of hydrogen-bond donors (Lipinski definition) is 1. The molecule has 0 aliphatic carbocycles. The van der Waals surface area contributed by atoms with Crippen molar-refractivity contribution in [3.05, 3.63) is 59.7 Å². The Kier molecular flexibility index (Phi) is 6.85. The number of nitrogens with one attached hydrogen (secondary N) is 1. The average Bonchev–Trinajstić information content (AvgIpc) is 2.59. The Hall–Kier alpha value is -2.54. The lowest BCUT2D eigenvalue weighted by Gasteiger charge is -2.24. The van der Waals surface area contributed by atoms with Gasteiger partial charge >= 0.3 is 0 Å². The van der Waals surface area contributed by atoms with Gasteiger partial charge in [0, 0.05) is 0 Å². The first-order valence-corrected chi connectivity index (χ1v) is 10.5. The van der Waals surface area contributed by atoms with E-state index >= 15 is 0 Å². The molecule has 1 atom stereocenters. The van der Waals surface area contributed by atoms with Crippen LogP contribution in [0.25, 0.3) is 0 Å². The summed E-state index contributed by atoms with van der Waals surface area (Å²) in [6.07, 6.45) is 1.09. The van der Waals surface area contributed by atoms with Gasteiger partial charge in [0.25, 0.3) is 0 Å². The molecule has 1 unspecified atom stereocenters. The molecule has 2 aromatic rings. The highest BCUT2D eigenvalue weighted by molar-refractivity contribution is 7.92. The second kappa shape index (κ2) is 8.90. The number of nitrogens with zero attached hydrogens (tertiary/aromatic N) is 1. The third-order valence-electron chi connectivity index (χ3n) is 4.06. The lowest BCUT2D eigenvalue weighted by molar-refractivity contribution is -0.120. The van der Waals surface area contributed by atoms with Crippen molar-refractivity contribution in [1.29, 1.82) is 0 Å². The summed E-state index contributed by atoms with van der Waals surface area (Å²) < 4.78 is 31.2. The summed E-state index contributed by atoms with van der Waals surface area (Å²) in [4.78, 5) is 12.4. The second-order valence-electron chi connectivity index (χ2n) is 6.60. The minimum atomic E-state index is -3.59. The van der Waals surface area contributed by atoms with Gasteiger partial charge in [-0.25, -0.2) is 8.42 Å². The fourth-order valence-electron chi connectivity index (χ4n) is 2.65. The van der Waals surface area contributed by atoms with Crippen molar-refractivity contribution in [3.63, 3.8) is 0 Å². The molecule has 0 heterocycles. The van der Waals surface area contributed by atoms with Gasteiger partial charge in [0.1, 0.15) is 18.9 Å². The molecule has 27 heavy (non-hydrogen) atoms. The van der Waals surface area contributed by atoms with Gasteiger partial charge < -0.3 is 10.1 Å². The SMILES string of the molecule is Cc1ccccc1OCC(C)NC(=O)CN(c1ccccc1C)S(C)(=O)=O. The molecule has 0 spiro atoms. The maximum Gasteiger partial charge on any atom is 0.241 e. The number of ether oxygens (including phenoxy) is 1. The molecule has 1 N–H and O–H groups in total. The molecule has 0 fully saturated rings. The van der Waals surface area contributed by atoms with E-state index in [1.807, 2.05) is 57.2 Å². The van der Waals surface area contributed by atoms with E-state index in [9.17, 15) is 13.2 Å². The summed E-state index contributed by atoms with van der Waals surface area (Å²) >= 11 is 0. The van der Waals surface area contributed by atoms with Crippen LogP contribution in [0, 0.1) is 13.8 Å². The predicted octanol–water partition coefficient (Wildman–Crippen LogP) is 2.65. The van der Waals surface area contributed by atoms with E-state index in [0.717, 1.165) is 27.4 Å². The van der Waals surface area contributed by atoms with E-state index < -0.39 is 10.0 Å². The van der Waals surface area contributed by atoms with Crippen molar-refractivity contribution >= 4 is 21.6 Å². The number of amides is 1. The van der Waals surface area contributed by atoms with Crippen molar-refractivity contribution in [3.8, 4) is 5.75 Å². The Bertz CT molecular complexity index is 896. The standard InChI is InChI=1S/C20H26N2O4S/c1-15-9-5-7-11-18(15)22(27(4,24)25)13-20(23)21-17(3)14-26-19-12-8-6-10-16(19)2/h5-12,17H,13-14H2,1-4H3,(H,21,23). The molecule has 0 aliphatic heterocycles. The number of anilines is 1. The number of aryl methyl sites for hydroxylation is 2. The fraction of sp³-hybridized carbons (Fsp3) is 0.350. The van der Waals surface area contributed by atoms with Crippen LogP contribution in [-0.2, 0) is 14.8 Å². The van der Waals surface area contributed by atoms with Gasteiger partial charge in [-0.15, -0.1) is 0 Å². The Morgan fingerprint density at radius 3 is 2.26 bits per heavy atom. The Balaban J connectivity index is 1.99. The summed E-state index contributed by atoms with van der Waals surface area (Å²) in [5, 5.41) is 2.79. The quantitative estimate of drug-likeness (QED) is 0.752. The zero-order valence-electron chi connectivity index (χ0n) is 16.1. The number of carbonyl (C=O) groups is 1. The van der Waals surface area contributed by atoms with Crippen LogP contribution < -0.4 is 14.4 Å². The lowest BCUT2D eigenvalue weighted by Crippen LogP contribution is -2.45. The summed E-state index contributed by atoms with van der Waals surface area (Å²) in [6, 6.07) is 14.4. The summed E-state index contributed by atoms with van der Waals surface area (Å²) in [7, 11) is -3.59. The van der Waals surface area contributed by atoms with Crippen molar-refractivity contribution < 1.29 is 17.9 Å². The first kappa shape index (κ1) is 20.8. The fourth-order valence-corrected chi connectivity index (χ4v) is 3.56. The smallest absolute Gasteiger partial charge is 0.241 e. The van der Waals surface area contributed by atoms with Gasteiger partial charge in [-0.2, -0.15) is 0 Å². The molecule has 0 saturated heterocycles. The predicted molar refractivity (Wildman–Crippen MR) is 108 cm³/mol. The van der Waals surface area contributed by atoms with Crippen LogP contribution in [0.3, 0.4) is 0 Å². The van der Waals surface area contributed by atoms with Gasteiger partial charge in [0.2, 0.25) is 15.9 Å². The van der Waals surface area contributed by atoms with E-state index in [4.69, 9.17) is 4.74 Å². The molecule has 0 bridgehead atoms. The molecule has 0 aliphatic rings. The molecular weight excluding hydrogens is 364 g/mol. The molecule has 2 rings (SSSR count). The first-order chi connectivity index (χ1) is 12.7. The Morgan fingerprint density at radius 1 is 1.07 bits per heavy atom. The Labute approximate surface area is 161 Å². The minimum absolute atomic E-state index is 0.268. The maximum atomic E-state index is 12.4. The van der Waals surface area contributed by atoms with E-state index in [1.54, 1.807) is 12.1 Å². The number of para-hydroxylation sites is 2. The van der Waals surface area contributed by atoms with Crippen molar-refractivity contribution in [2.45, 2.75) is 26.8 Å². The zero-order valence-corrected chi connectivity index (χ0v) is 16.9. The first-order valence-electron chi connectivity index (χ1n) is 8.69. The van der Waals surface area contributed by atoms with Crippen molar-refractivity contribution in [1.82, 2.24) is 5.32 Å². The van der Waals surface area contributed by atoms with Gasteiger partial charge in [-0.1, -0.05) is 36.4 Å². The molecule has 0 radical (unpaired) electrons. The maximum absolute atomic E-state index is 12.4. The molecule has 146 valence electrons. The zero-order chi connectivity index (χ0) is 20.0. The number of rotatable bonds is 8.